The first kappa shape index (κ1) is 7.56. The molecule has 0 radical (unpaired) electrons. The third-order valence-corrected chi connectivity index (χ3v) is 2.24. The van der Waals surface area contributed by atoms with Crippen LogP contribution in [0.2, 0.25) is 0 Å². The second kappa shape index (κ2) is 3.11. The van der Waals surface area contributed by atoms with Crippen LogP contribution < -0.4 is 0 Å². The van der Waals surface area contributed by atoms with E-state index in [-0.39, 0.29) is 6.10 Å². The summed E-state index contributed by atoms with van der Waals surface area (Å²) < 4.78 is 0. The molecule has 12 heavy (non-hydrogen) atoms. The Morgan fingerprint density at radius 2 is 1.92 bits per heavy atom. The molecule has 1 nitrogen and oxygen atoms in total. The van der Waals surface area contributed by atoms with Crippen LogP contribution in [0.5, 0.6) is 0 Å². The molecule has 0 aromatic heterocycles. The normalized spacial score (nSPS) is 21.6. The van der Waals surface area contributed by atoms with E-state index in [2.05, 4.69) is 12.1 Å². The Kier molecular flexibility index (Phi) is 1.96. The van der Waals surface area contributed by atoms with Gasteiger partial charge in [-0.3, -0.25) is 0 Å². The van der Waals surface area contributed by atoms with Gasteiger partial charge in [-0.25, -0.2) is 0 Å². The third-order valence-electron chi connectivity index (χ3n) is 2.24. The maximum atomic E-state index is 9.45. The van der Waals surface area contributed by atoms with Crippen molar-refractivity contribution < 1.29 is 5.11 Å². The SMILES string of the molecule is O[C@H]1C=CCc2ccccc2C1. The first-order valence-electron chi connectivity index (χ1n) is 4.28. The molecule has 0 heterocycles. The molecule has 0 unspecified atom stereocenters. The number of rotatable bonds is 0. The van der Waals surface area contributed by atoms with Gasteiger partial charge in [-0.1, -0.05) is 36.4 Å². The topological polar surface area (TPSA) is 20.2 Å². The molecule has 0 saturated carbocycles. The molecule has 0 aliphatic heterocycles. The van der Waals surface area contributed by atoms with Crippen molar-refractivity contribution in [2.24, 2.45) is 0 Å². The Bertz CT molecular complexity index is 302. The average molecular weight is 160 g/mol. The molecular weight excluding hydrogens is 148 g/mol. The van der Waals surface area contributed by atoms with Crippen molar-refractivity contribution in [2.45, 2.75) is 18.9 Å². The molecular formula is C11H12O. The van der Waals surface area contributed by atoms with Gasteiger partial charge in [0.1, 0.15) is 0 Å². The first-order valence-corrected chi connectivity index (χ1v) is 4.28. The lowest BCUT2D eigenvalue weighted by Gasteiger charge is -2.06. The van der Waals surface area contributed by atoms with E-state index in [0.717, 1.165) is 12.8 Å². The minimum atomic E-state index is -0.298. The molecule has 0 bridgehead atoms. The number of aliphatic hydroxyl groups excluding tert-OH is 1. The molecule has 1 aromatic rings. The highest BCUT2D eigenvalue weighted by Gasteiger charge is 2.08. The van der Waals surface area contributed by atoms with E-state index in [1.165, 1.54) is 11.1 Å². The van der Waals surface area contributed by atoms with Crippen molar-refractivity contribution in [2.75, 3.05) is 0 Å². The zero-order valence-electron chi connectivity index (χ0n) is 6.90. The molecule has 2 rings (SSSR count). The number of hydrogen-bond donors (Lipinski definition) is 1. The summed E-state index contributed by atoms with van der Waals surface area (Å²) >= 11 is 0. The van der Waals surface area contributed by atoms with Gasteiger partial charge in [0.25, 0.3) is 0 Å². The van der Waals surface area contributed by atoms with Crippen molar-refractivity contribution in [3.05, 3.63) is 47.5 Å². The Morgan fingerprint density at radius 3 is 2.75 bits per heavy atom. The Balaban J connectivity index is 2.38. The van der Waals surface area contributed by atoms with Gasteiger partial charge in [-0.05, 0) is 17.5 Å². The third kappa shape index (κ3) is 1.41. The van der Waals surface area contributed by atoms with Crippen LogP contribution in [0.3, 0.4) is 0 Å². The van der Waals surface area contributed by atoms with E-state index in [9.17, 15) is 5.11 Å². The van der Waals surface area contributed by atoms with E-state index in [4.69, 9.17) is 0 Å². The lowest BCUT2D eigenvalue weighted by molar-refractivity contribution is 0.224. The van der Waals surface area contributed by atoms with Crippen LogP contribution in [-0.2, 0) is 12.8 Å². The van der Waals surface area contributed by atoms with Crippen LogP contribution >= 0.6 is 0 Å². The van der Waals surface area contributed by atoms with Gasteiger partial charge < -0.3 is 5.11 Å². The van der Waals surface area contributed by atoms with Gasteiger partial charge in [-0.15, -0.1) is 0 Å². The fourth-order valence-electron chi connectivity index (χ4n) is 1.60. The van der Waals surface area contributed by atoms with E-state index in [1.54, 1.807) is 0 Å². The van der Waals surface area contributed by atoms with Crippen molar-refractivity contribution in [1.82, 2.24) is 0 Å². The standard InChI is InChI=1S/C11H12O/c12-11-7-3-6-9-4-1-2-5-10(9)8-11/h1-5,7,11-12H,6,8H2/t11-/m0/s1. The summed E-state index contributed by atoms with van der Waals surface area (Å²) in [6, 6.07) is 8.28. The van der Waals surface area contributed by atoms with Crippen LogP contribution in [0, 0.1) is 0 Å². The van der Waals surface area contributed by atoms with Crippen LogP contribution in [0.25, 0.3) is 0 Å². The second-order valence-electron chi connectivity index (χ2n) is 3.17. The average Bonchev–Trinajstić information content (AvgIpc) is 2.25. The van der Waals surface area contributed by atoms with Gasteiger partial charge in [0.05, 0.1) is 6.10 Å². The highest BCUT2D eigenvalue weighted by Crippen LogP contribution is 2.15. The van der Waals surface area contributed by atoms with Crippen molar-refractivity contribution in [1.29, 1.82) is 0 Å². The smallest absolute Gasteiger partial charge is 0.0761 e. The number of allylic oxidation sites excluding steroid dienone is 1. The molecule has 1 aliphatic carbocycles. The lowest BCUT2D eigenvalue weighted by atomic mass is 10.0. The maximum absolute atomic E-state index is 9.45. The van der Waals surface area contributed by atoms with Gasteiger partial charge in [0, 0.05) is 6.42 Å². The molecule has 1 atom stereocenters. The fraction of sp³-hybridized carbons (Fsp3) is 0.273. The summed E-state index contributed by atoms with van der Waals surface area (Å²) in [5, 5.41) is 9.45. The molecule has 1 N–H and O–H groups in total. The van der Waals surface area contributed by atoms with E-state index >= 15 is 0 Å². The summed E-state index contributed by atoms with van der Waals surface area (Å²) in [7, 11) is 0. The monoisotopic (exact) mass is 160 g/mol. The molecule has 1 aromatic carbocycles. The lowest BCUT2D eigenvalue weighted by Crippen LogP contribution is -2.05. The van der Waals surface area contributed by atoms with Gasteiger partial charge >= 0.3 is 0 Å². The molecule has 0 spiro atoms. The molecule has 62 valence electrons. The predicted octanol–water partition coefficient (Wildman–Crippen LogP) is 1.70. The van der Waals surface area contributed by atoms with E-state index in [0.29, 0.717) is 0 Å². The van der Waals surface area contributed by atoms with Crippen LogP contribution in [0.1, 0.15) is 11.1 Å². The Morgan fingerprint density at radius 1 is 1.17 bits per heavy atom. The van der Waals surface area contributed by atoms with Crippen LogP contribution in [-0.4, -0.2) is 11.2 Å². The summed E-state index contributed by atoms with van der Waals surface area (Å²) in [5.41, 5.74) is 2.61. The minimum Gasteiger partial charge on any atom is -0.389 e. The van der Waals surface area contributed by atoms with Crippen LogP contribution in [0.15, 0.2) is 36.4 Å². The molecule has 0 saturated heterocycles. The largest absolute Gasteiger partial charge is 0.389 e. The van der Waals surface area contributed by atoms with Crippen molar-refractivity contribution in [3.63, 3.8) is 0 Å². The summed E-state index contributed by atoms with van der Waals surface area (Å²) in [5.74, 6) is 0. The highest BCUT2D eigenvalue weighted by atomic mass is 16.3. The number of hydrogen-bond acceptors (Lipinski definition) is 1. The summed E-state index contributed by atoms with van der Waals surface area (Å²) in [6.45, 7) is 0. The van der Waals surface area contributed by atoms with Gasteiger partial charge in [0.15, 0.2) is 0 Å². The number of benzene rings is 1. The molecule has 1 aliphatic rings. The van der Waals surface area contributed by atoms with Gasteiger partial charge in [-0.2, -0.15) is 0 Å². The Labute approximate surface area is 72.4 Å². The number of fused-ring (bicyclic) bond motifs is 1. The molecule has 0 amide bonds. The van der Waals surface area contributed by atoms with Crippen molar-refractivity contribution >= 4 is 0 Å². The zero-order valence-corrected chi connectivity index (χ0v) is 6.90. The van der Waals surface area contributed by atoms with E-state index < -0.39 is 0 Å². The predicted molar refractivity (Wildman–Crippen MR) is 49.0 cm³/mol. The second-order valence-corrected chi connectivity index (χ2v) is 3.17. The number of aliphatic hydroxyl groups is 1. The zero-order chi connectivity index (χ0) is 8.39. The summed E-state index contributed by atoms with van der Waals surface area (Å²) in [6.07, 6.45) is 5.32. The maximum Gasteiger partial charge on any atom is 0.0761 e. The Hall–Kier alpha value is -1.08. The fourth-order valence-corrected chi connectivity index (χ4v) is 1.60. The van der Waals surface area contributed by atoms with E-state index in [1.807, 2.05) is 24.3 Å². The minimum absolute atomic E-state index is 0.298. The van der Waals surface area contributed by atoms with Crippen molar-refractivity contribution in [3.8, 4) is 0 Å². The molecule has 0 fully saturated rings. The quantitative estimate of drug-likeness (QED) is 0.573. The summed E-state index contributed by atoms with van der Waals surface area (Å²) in [4.78, 5) is 0. The highest BCUT2D eigenvalue weighted by molar-refractivity contribution is 5.31. The molecule has 1 heteroatoms. The van der Waals surface area contributed by atoms with Gasteiger partial charge in [0.2, 0.25) is 0 Å². The first-order chi connectivity index (χ1) is 5.86. The van der Waals surface area contributed by atoms with Crippen LogP contribution in [0.4, 0.5) is 0 Å².